The van der Waals surface area contributed by atoms with Crippen molar-refractivity contribution in [3.63, 3.8) is 0 Å². The van der Waals surface area contributed by atoms with Gasteiger partial charge in [0.15, 0.2) is 0 Å². The number of carbonyl (C=O) groups is 1. The molecule has 0 spiro atoms. The summed E-state index contributed by atoms with van der Waals surface area (Å²) >= 11 is 0. The quantitative estimate of drug-likeness (QED) is 0.727. The molecular formula is C16H23NO4. The molecule has 0 saturated heterocycles. The number of aliphatic hydroxyl groups excluding tert-OH is 2. The maximum atomic E-state index is 11.9. The molecule has 2 rings (SSSR count). The third kappa shape index (κ3) is 4.44. The molecule has 1 aliphatic carbocycles. The molecule has 3 atom stereocenters. The Morgan fingerprint density at radius 2 is 2.05 bits per heavy atom. The van der Waals surface area contributed by atoms with Crippen molar-refractivity contribution in [2.75, 3.05) is 13.7 Å². The number of nitrogens with one attached hydrogen (secondary N) is 1. The lowest BCUT2D eigenvalue weighted by atomic mass is 10.1. The van der Waals surface area contributed by atoms with E-state index in [0.29, 0.717) is 25.7 Å². The Hall–Kier alpha value is -1.59. The standard InChI is InChI=1S/C16H23NO4/c1-21-14-5-2-11(3-6-14)4-7-16(20)17-13-8-12(10-18)15(19)9-13/h2-3,5-6,12-13,15,18-19H,4,7-10H2,1H3,(H,17,20)/t12-,13+,15+/m0/s1. The average Bonchev–Trinajstić information content (AvgIpc) is 2.85. The first-order chi connectivity index (χ1) is 10.1. The fourth-order valence-corrected chi connectivity index (χ4v) is 2.77. The predicted octanol–water partition coefficient (Wildman–Crippen LogP) is 0.876. The molecule has 116 valence electrons. The minimum absolute atomic E-state index is 0.0124. The van der Waals surface area contributed by atoms with Gasteiger partial charge in [0.25, 0.3) is 0 Å². The number of rotatable bonds is 6. The van der Waals surface area contributed by atoms with Gasteiger partial charge in [-0.15, -0.1) is 0 Å². The van der Waals surface area contributed by atoms with Crippen LogP contribution in [0.2, 0.25) is 0 Å². The Morgan fingerprint density at radius 3 is 2.62 bits per heavy atom. The molecule has 1 aromatic carbocycles. The molecule has 5 nitrogen and oxygen atoms in total. The molecule has 1 fully saturated rings. The van der Waals surface area contributed by atoms with Crippen LogP contribution in [0.3, 0.4) is 0 Å². The smallest absolute Gasteiger partial charge is 0.220 e. The zero-order chi connectivity index (χ0) is 15.2. The molecule has 0 bridgehead atoms. The van der Waals surface area contributed by atoms with Crippen LogP contribution in [0.1, 0.15) is 24.8 Å². The molecule has 1 saturated carbocycles. The van der Waals surface area contributed by atoms with Crippen molar-refractivity contribution < 1.29 is 19.7 Å². The highest BCUT2D eigenvalue weighted by Crippen LogP contribution is 2.25. The molecule has 1 aliphatic rings. The molecule has 0 aromatic heterocycles. The number of benzene rings is 1. The third-order valence-corrected chi connectivity index (χ3v) is 4.06. The molecule has 0 aliphatic heterocycles. The monoisotopic (exact) mass is 293 g/mol. The average molecular weight is 293 g/mol. The largest absolute Gasteiger partial charge is 0.497 e. The number of hydrogen-bond acceptors (Lipinski definition) is 4. The van der Waals surface area contributed by atoms with E-state index in [0.717, 1.165) is 11.3 Å². The van der Waals surface area contributed by atoms with E-state index in [4.69, 9.17) is 9.84 Å². The van der Waals surface area contributed by atoms with Gasteiger partial charge in [0.1, 0.15) is 5.75 Å². The Morgan fingerprint density at radius 1 is 1.33 bits per heavy atom. The van der Waals surface area contributed by atoms with Gasteiger partial charge in [0.05, 0.1) is 13.2 Å². The van der Waals surface area contributed by atoms with Crippen molar-refractivity contribution in [3.8, 4) is 5.75 Å². The Balaban J connectivity index is 1.74. The van der Waals surface area contributed by atoms with Gasteiger partial charge in [-0.05, 0) is 37.0 Å². The van der Waals surface area contributed by atoms with Gasteiger partial charge in [0, 0.05) is 25.0 Å². The fourth-order valence-electron chi connectivity index (χ4n) is 2.77. The van der Waals surface area contributed by atoms with Crippen molar-refractivity contribution >= 4 is 5.91 Å². The number of amides is 1. The second-order valence-corrected chi connectivity index (χ2v) is 5.59. The predicted molar refractivity (Wildman–Crippen MR) is 79.1 cm³/mol. The minimum Gasteiger partial charge on any atom is -0.497 e. The number of aliphatic hydroxyl groups is 2. The van der Waals surface area contributed by atoms with E-state index in [1.54, 1.807) is 7.11 Å². The maximum absolute atomic E-state index is 11.9. The van der Waals surface area contributed by atoms with Gasteiger partial charge in [-0.1, -0.05) is 12.1 Å². The van der Waals surface area contributed by atoms with Crippen LogP contribution in [0.25, 0.3) is 0 Å². The third-order valence-electron chi connectivity index (χ3n) is 4.06. The Kier molecular flexibility index (Phi) is 5.59. The summed E-state index contributed by atoms with van der Waals surface area (Å²) in [6, 6.07) is 7.64. The fraction of sp³-hybridized carbons (Fsp3) is 0.562. The van der Waals surface area contributed by atoms with E-state index in [1.807, 2.05) is 24.3 Å². The lowest BCUT2D eigenvalue weighted by Gasteiger charge is -2.12. The van der Waals surface area contributed by atoms with Gasteiger partial charge in [-0.25, -0.2) is 0 Å². The van der Waals surface area contributed by atoms with Gasteiger partial charge >= 0.3 is 0 Å². The zero-order valence-electron chi connectivity index (χ0n) is 12.3. The molecule has 0 unspecified atom stereocenters. The van der Waals surface area contributed by atoms with Crippen LogP contribution in [0, 0.1) is 5.92 Å². The van der Waals surface area contributed by atoms with Crippen LogP contribution < -0.4 is 10.1 Å². The van der Waals surface area contributed by atoms with Gasteiger partial charge < -0.3 is 20.3 Å². The highest BCUT2D eigenvalue weighted by molar-refractivity contribution is 5.76. The number of aryl methyl sites for hydroxylation is 1. The summed E-state index contributed by atoms with van der Waals surface area (Å²) in [5.74, 6) is 0.677. The second-order valence-electron chi connectivity index (χ2n) is 5.59. The normalized spacial score (nSPS) is 24.8. The summed E-state index contributed by atoms with van der Waals surface area (Å²) in [6.45, 7) is -0.0284. The van der Waals surface area contributed by atoms with Crippen molar-refractivity contribution in [1.82, 2.24) is 5.32 Å². The van der Waals surface area contributed by atoms with Crippen LogP contribution in [-0.2, 0) is 11.2 Å². The van der Waals surface area contributed by atoms with Crippen LogP contribution >= 0.6 is 0 Å². The van der Waals surface area contributed by atoms with Crippen molar-refractivity contribution in [2.45, 2.75) is 37.8 Å². The second kappa shape index (κ2) is 7.43. The van der Waals surface area contributed by atoms with E-state index in [-0.39, 0.29) is 24.5 Å². The summed E-state index contributed by atoms with van der Waals surface area (Å²) in [5, 5.41) is 21.7. The molecular weight excluding hydrogens is 270 g/mol. The Bertz CT molecular complexity index is 460. The summed E-state index contributed by atoms with van der Waals surface area (Å²) < 4.78 is 5.09. The number of methoxy groups -OCH3 is 1. The molecule has 1 amide bonds. The van der Waals surface area contributed by atoms with E-state index >= 15 is 0 Å². The van der Waals surface area contributed by atoms with Crippen LogP contribution in [0.5, 0.6) is 5.75 Å². The van der Waals surface area contributed by atoms with Gasteiger partial charge in [-0.3, -0.25) is 4.79 Å². The molecule has 5 heteroatoms. The molecule has 21 heavy (non-hydrogen) atoms. The van der Waals surface area contributed by atoms with Crippen LogP contribution in [-0.4, -0.2) is 42.0 Å². The van der Waals surface area contributed by atoms with E-state index in [9.17, 15) is 9.90 Å². The van der Waals surface area contributed by atoms with Gasteiger partial charge in [-0.2, -0.15) is 0 Å². The van der Waals surface area contributed by atoms with Crippen molar-refractivity contribution in [2.24, 2.45) is 5.92 Å². The topological polar surface area (TPSA) is 78.8 Å². The molecule has 0 radical (unpaired) electrons. The Labute approximate surface area is 124 Å². The van der Waals surface area contributed by atoms with Crippen LogP contribution in [0.4, 0.5) is 0 Å². The van der Waals surface area contributed by atoms with E-state index in [1.165, 1.54) is 0 Å². The first-order valence-electron chi connectivity index (χ1n) is 7.33. The number of carbonyl (C=O) groups excluding carboxylic acids is 1. The molecule has 0 heterocycles. The van der Waals surface area contributed by atoms with E-state index < -0.39 is 6.10 Å². The van der Waals surface area contributed by atoms with E-state index in [2.05, 4.69) is 5.32 Å². The summed E-state index contributed by atoms with van der Waals surface area (Å²) in [5.41, 5.74) is 1.09. The summed E-state index contributed by atoms with van der Waals surface area (Å²) in [6.07, 6.45) is 1.75. The summed E-state index contributed by atoms with van der Waals surface area (Å²) in [4.78, 5) is 11.9. The lowest BCUT2D eigenvalue weighted by Crippen LogP contribution is -2.33. The SMILES string of the molecule is COc1ccc(CCC(=O)N[C@@H]2C[C@@H](CO)[C@H](O)C2)cc1. The highest BCUT2D eigenvalue weighted by atomic mass is 16.5. The number of ether oxygens (including phenoxy) is 1. The van der Waals surface area contributed by atoms with Crippen molar-refractivity contribution in [1.29, 1.82) is 0 Å². The summed E-state index contributed by atoms with van der Waals surface area (Å²) in [7, 11) is 1.62. The first-order valence-corrected chi connectivity index (χ1v) is 7.33. The minimum atomic E-state index is -0.512. The lowest BCUT2D eigenvalue weighted by molar-refractivity contribution is -0.121. The number of hydrogen-bond donors (Lipinski definition) is 3. The van der Waals surface area contributed by atoms with Gasteiger partial charge in [0.2, 0.25) is 5.91 Å². The highest BCUT2D eigenvalue weighted by Gasteiger charge is 2.32. The molecule has 1 aromatic rings. The van der Waals surface area contributed by atoms with Crippen molar-refractivity contribution in [3.05, 3.63) is 29.8 Å². The first kappa shape index (κ1) is 15.8. The van der Waals surface area contributed by atoms with Crippen LogP contribution in [0.15, 0.2) is 24.3 Å². The molecule has 3 N–H and O–H groups in total. The maximum Gasteiger partial charge on any atom is 0.220 e. The zero-order valence-corrected chi connectivity index (χ0v) is 12.3.